The number of carboxylic acids is 1. The molecule has 3 heterocycles. The molecule has 0 spiro atoms. The van der Waals surface area contributed by atoms with Gasteiger partial charge in [0.15, 0.2) is 5.78 Å². The zero-order valence-corrected chi connectivity index (χ0v) is 13.7. The number of hydrogen-bond donors (Lipinski definition) is 2. The lowest BCUT2D eigenvalue weighted by molar-refractivity contribution is -0.136. The standard InChI is InChI=1S/C17H18N2O3S/c1-10(20)17-13-3-5-19-9-15(13)23-14(17)6-11-2-4-18-8-12(11)7-16(21)22/h2,4,8,19H,3,5-7,9H2,1H3,(H,21,22). The SMILES string of the molecule is CC(=O)c1c(Cc2ccncc2CC(=O)O)sc2c1CCNC2. The smallest absolute Gasteiger partial charge is 0.307 e. The van der Waals surface area contributed by atoms with Crippen molar-refractivity contribution in [2.75, 3.05) is 6.54 Å². The number of carbonyl (C=O) groups is 2. The predicted molar refractivity (Wildman–Crippen MR) is 88.1 cm³/mol. The van der Waals surface area contributed by atoms with Crippen LogP contribution >= 0.6 is 11.3 Å². The second kappa shape index (κ2) is 6.60. The summed E-state index contributed by atoms with van der Waals surface area (Å²) in [6.45, 7) is 3.31. The largest absolute Gasteiger partial charge is 0.481 e. The van der Waals surface area contributed by atoms with Crippen LogP contribution in [-0.4, -0.2) is 28.4 Å². The molecule has 0 atom stereocenters. The molecule has 0 saturated carbocycles. The van der Waals surface area contributed by atoms with E-state index in [1.165, 1.54) is 10.4 Å². The van der Waals surface area contributed by atoms with Crippen molar-refractivity contribution in [3.05, 3.63) is 50.5 Å². The Morgan fingerprint density at radius 1 is 1.39 bits per heavy atom. The highest BCUT2D eigenvalue weighted by Gasteiger charge is 2.23. The molecule has 0 aliphatic carbocycles. The van der Waals surface area contributed by atoms with Gasteiger partial charge in [-0.05, 0) is 42.6 Å². The Morgan fingerprint density at radius 2 is 2.22 bits per heavy atom. The van der Waals surface area contributed by atoms with Crippen LogP contribution in [0.15, 0.2) is 18.5 Å². The Kier molecular flexibility index (Phi) is 4.54. The zero-order chi connectivity index (χ0) is 16.4. The Labute approximate surface area is 138 Å². The Bertz CT molecular complexity index is 767. The van der Waals surface area contributed by atoms with E-state index in [0.29, 0.717) is 12.0 Å². The first-order valence-corrected chi connectivity index (χ1v) is 8.36. The van der Waals surface area contributed by atoms with E-state index in [1.807, 2.05) is 6.07 Å². The third-order valence-corrected chi connectivity index (χ3v) is 5.28. The van der Waals surface area contributed by atoms with E-state index in [4.69, 9.17) is 5.11 Å². The highest BCUT2D eigenvalue weighted by atomic mass is 32.1. The minimum absolute atomic E-state index is 0.0504. The summed E-state index contributed by atoms with van der Waals surface area (Å²) in [4.78, 5) is 29.4. The van der Waals surface area contributed by atoms with Crippen molar-refractivity contribution in [1.82, 2.24) is 10.3 Å². The molecule has 0 radical (unpaired) electrons. The van der Waals surface area contributed by atoms with Crippen LogP contribution < -0.4 is 5.32 Å². The van der Waals surface area contributed by atoms with Gasteiger partial charge in [0, 0.05) is 40.7 Å². The molecule has 2 aromatic rings. The lowest BCUT2D eigenvalue weighted by Gasteiger charge is -2.13. The van der Waals surface area contributed by atoms with Crippen molar-refractivity contribution in [3.63, 3.8) is 0 Å². The average Bonchev–Trinajstić information content (AvgIpc) is 2.86. The van der Waals surface area contributed by atoms with E-state index in [2.05, 4.69) is 10.3 Å². The van der Waals surface area contributed by atoms with Crippen molar-refractivity contribution < 1.29 is 14.7 Å². The molecule has 2 N–H and O–H groups in total. The monoisotopic (exact) mass is 330 g/mol. The summed E-state index contributed by atoms with van der Waals surface area (Å²) in [6, 6.07) is 1.85. The number of carbonyl (C=O) groups excluding carboxylic acids is 1. The molecule has 0 aromatic carbocycles. The molecule has 0 unspecified atom stereocenters. The van der Waals surface area contributed by atoms with E-state index in [-0.39, 0.29) is 12.2 Å². The lowest BCUT2D eigenvalue weighted by atomic mass is 9.96. The van der Waals surface area contributed by atoms with Gasteiger partial charge >= 0.3 is 5.97 Å². The van der Waals surface area contributed by atoms with Crippen LogP contribution in [0, 0.1) is 0 Å². The Balaban J connectivity index is 1.99. The molecule has 6 heteroatoms. The van der Waals surface area contributed by atoms with Crippen LogP contribution in [0.1, 0.15) is 43.7 Å². The number of carboxylic acid groups (broad SMARTS) is 1. The molecule has 3 rings (SSSR count). The molecule has 2 aromatic heterocycles. The number of Topliss-reactive ketones (excluding diaryl/α,β-unsaturated/α-hetero) is 1. The molecular weight excluding hydrogens is 312 g/mol. The zero-order valence-electron chi connectivity index (χ0n) is 12.9. The van der Waals surface area contributed by atoms with Crippen LogP contribution in [0.3, 0.4) is 0 Å². The molecule has 1 aliphatic heterocycles. The summed E-state index contributed by atoms with van der Waals surface area (Å²) < 4.78 is 0. The van der Waals surface area contributed by atoms with E-state index in [0.717, 1.165) is 35.5 Å². The van der Waals surface area contributed by atoms with Crippen molar-refractivity contribution in [2.45, 2.75) is 32.7 Å². The van der Waals surface area contributed by atoms with Crippen LogP contribution in [0.5, 0.6) is 0 Å². The number of hydrogen-bond acceptors (Lipinski definition) is 5. The van der Waals surface area contributed by atoms with Gasteiger partial charge in [-0.1, -0.05) is 0 Å². The number of rotatable bonds is 5. The van der Waals surface area contributed by atoms with Crippen molar-refractivity contribution in [1.29, 1.82) is 0 Å². The summed E-state index contributed by atoms with van der Waals surface area (Å²) in [6.07, 6.45) is 4.68. The highest BCUT2D eigenvalue weighted by molar-refractivity contribution is 7.12. The molecule has 23 heavy (non-hydrogen) atoms. The van der Waals surface area contributed by atoms with Crippen molar-refractivity contribution >= 4 is 23.1 Å². The second-order valence-electron chi connectivity index (χ2n) is 5.68. The molecular formula is C17H18N2O3S. The third-order valence-electron chi connectivity index (χ3n) is 4.05. The number of ketones is 1. The number of pyridine rings is 1. The van der Waals surface area contributed by atoms with Crippen LogP contribution in [0.4, 0.5) is 0 Å². The minimum atomic E-state index is -0.874. The van der Waals surface area contributed by atoms with Gasteiger partial charge in [-0.25, -0.2) is 0 Å². The highest BCUT2D eigenvalue weighted by Crippen LogP contribution is 2.33. The van der Waals surface area contributed by atoms with E-state index in [9.17, 15) is 9.59 Å². The van der Waals surface area contributed by atoms with Gasteiger partial charge in [-0.3, -0.25) is 14.6 Å². The fraction of sp³-hybridized carbons (Fsp3) is 0.353. The first-order valence-electron chi connectivity index (χ1n) is 7.55. The topological polar surface area (TPSA) is 79.3 Å². The molecule has 0 saturated heterocycles. The number of nitrogens with zero attached hydrogens (tertiary/aromatic N) is 1. The second-order valence-corrected chi connectivity index (χ2v) is 6.87. The van der Waals surface area contributed by atoms with Crippen molar-refractivity contribution in [2.24, 2.45) is 0 Å². The van der Waals surface area contributed by atoms with Crippen molar-refractivity contribution in [3.8, 4) is 0 Å². The lowest BCUT2D eigenvalue weighted by Crippen LogP contribution is -2.23. The summed E-state index contributed by atoms with van der Waals surface area (Å²) in [7, 11) is 0. The molecule has 120 valence electrons. The first kappa shape index (κ1) is 15.8. The van der Waals surface area contributed by atoms with Crippen LogP contribution in [-0.2, 0) is 30.6 Å². The van der Waals surface area contributed by atoms with Gasteiger partial charge in [0.05, 0.1) is 6.42 Å². The van der Waals surface area contributed by atoms with Gasteiger partial charge in [0.1, 0.15) is 0 Å². The van der Waals surface area contributed by atoms with Gasteiger partial charge in [-0.2, -0.15) is 0 Å². The quantitative estimate of drug-likeness (QED) is 0.822. The van der Waals surface area contributed by atoms with Gasteiger partial charge in [0.25, 0.3) is 0 Å². The molecule has 0 fully saturated rings. The van der Waals surface area contributed by atoms with E-state index >= 15 is 0 Å². The molecule has 0 bridgehead atoms. The van der Waals surface area contributed by atoms with E-state index in [1.54, 1.807) is 30.7 Å². The number of aliphatic carboxylic acids is 1. The number of fused-ring (bicyclic) bond motifs is 1. The number of thiophene rings is 1. The Morgan fingerprint density at radius 3 is 2.96 bits per heavy atom. The van der Waals surface area contributed by atoms with Gasteiger partial charge in [0.2, 0.25) is 0 Å². The summed E-state index contributed by atoms with van der Waals surface area (Å²) in [5, 5.41) is 12.4. The maximum absolute atomic E-state index is 12.1. The Hall–Kier alpha value is -2.05. The molecule has 0 amide bonds. The summed E-state index contributed by atoms with van der Waals surface area (Å²) >= 11 is 1.66. The van der Waals surface area contributed by atoms with E-state index < -0.39 is 5.97 Å². The fourth-order valence-corrected chi connectivity index (χ4v) is 4.44. The van der Waals surface area contributed by atoms with Crippen LogP contribution in [0.25, 0.3) is 0 Å². The predicted octanol–water partition coefficient (Wildman–Crippen LogP) is 2.21. The summed E-state index contributed by atoms with van der Waals surface area (Å²) in [5.41, 5.74) is 3.64. The van der Waals surface area contributed by atoms with Crippen LogP contribution in [0.2, 0.25) is 0 Å². The number of aromatic nitrogens is 1. The maximum Gasteiger partial charge on any atom is 0.307 e. The normalized spacial score (nSPS) is 13.6. The first-order chi connectivity index (χ1) is 11.1. The van der Waals surface area contributed by atoms with Gasteiger partial charge < -0.3 is 10.4 Å². The van der Waals surface area contributed by atoms with Gasteiger partial charge in [-0.15, -0.1) is 11.3 Å². The fourth-order valence-electron chi connectivity index (χ4n) is 3.05. The average molecular weight is 330 g/mol. The molecule has 5 nitrogen and oxygen atoms in total. The maximum atomic E-state index is 12.1. The molecule has 1 aliphatic rings. The summed E-state index contributed by atoms with van der Waals surface area (Å²) in [5.74, 6) is -0.783. The minimum Gasteiger partial charge on any atom is -0.481 e. The number of nitrogens with one attached hydrogen (secondary N) is 1. The third kappa shape index (κ3) is 3.33.